The molecule has 26 heavy (non-hydrogen) atoms. The summed E-state index contributed by atoms with van der Waals surface area (Å²) in [4.78, 5) is 12.1. The molecule has 0 saturated heterocycles. The molecule has 3 aromatic rings. The van der Waals surface area contributed by atoms with Crippen molar-refractivity contribution in [1.82, 2.24) is 4.72 Å². The number of anilines is 1. The molecule has 0 spiro atoms. The van der Waals surface area contributed by atoms with Gasteiger partial charge in [0.2, 0.25) is 15.9 Å². The molecule has 0 fully saturated rings. The van der Waals surface area contributed by atoms with E-state index in [9.17, 15) is 13.2 Å². The molecule has 0 aliphatic carbocycles. The van der Waals surface area contributed by atoms with E-state index in [1.807, 2.05) is 36.4 Å². The predicted molar refractivity (Wildman–Crippen MR) is 107 cm³/mol. The number of fused-ring (bicyclic) bond motifs is 1. The molecule has 2 N–H and O–H groups in total. The van der Waals surface area contributed by atoms with Gasteiger partial charge in [-0.05, 0) is 47.2 Å². The minimum absolute atomic E-state index is 0.0253. The number of carbonyl (C=O) groups excluding carboxylic acids is 1. The molecule has 134 valence electrons. The van der Waals surface area contributed by atoms with Gasteiger partial charge in [0.1, 0.15) is 0 Å². The molecule has 0 aliphatic heterocycles. The lowest BCUT2D eigenvalue weighted by atomic mass is 10.1. The summed E-state index contributed by atoms with van der Waals surface area (Å²) < 4.78 is 28.2. The van der Waals surface area contributed by atoms with Crippen molar-refractivity contribution in [3.8, 4) is 0 Å². The van der Waals surface area contributed by atoms with Crippen molar-refractivity contribution in [2.24, 2.45) is 0 Å². The van der Waals surface area contributed by atoms with E-state index in [4.69, 9.17) is 0 Å². The van der Waals surface area contributed by atoms with Gasteiger partial charge in [0.25, 0.3) is 0 Å². The topological polar surface area (TPSA) is 75.3 Å². The van der Waals surface area contributed by atoms with Gasteiger partial charge in [-0.3, -0.25) is 4.79 Å². The van der Waals surface area contributed by atoms with E-state index in [0.717, 1.165) is 15.2 Å². The summed E-state index contributed by atoms with van der Waals surface area (Å²) in [6.07, 6.45) is 0.0445. The Balaban J connectivity index is 1.58. The molecule has 0 aliphatic rings. The van der Waals surface area contributed by atoms with Gasteiger partial charge in [-0.1, -0.05) is 46.3 Å². The lowest BCUT2D eigenvalue weighted by molar-refractivity contribution is -0.116. The largest absolute Gasteiger partial charge is 0.326 e. The maximum absolute atomic E-state index is 12.4. The Bertz CT molecular complexity index is 1030. The number of carbonyl (C=O) groups is 1. The zero-order valence-corrected chi connectivity index (χ0v) is 16.2. The van der Waals surface area contributed by atoms with Crippen LogP contribution in [0.5, 0.6) is 0 Å². The van der Waals surface area contributed by atoms with Crippen LogP contribution in [-0.2, 0) is 14.8 Å². The Morgan fingerprint density at radius 2 is 1.62 bits per heavy atom. The maximum Gasteiger partial charge on any atom is 0.240 e. The summed E-state index contributed by atoms with van der Waals surface area (Å²) in [5, 5.41) is 4.55. The van der Waals surface area contributed by atoms with Gasteiger partial charge in [-0.2, -0.15) is 0 Å². The second kappa shape index (κ2) is 7.99. The van der Waals surface area contributed by atoms with Crippen LogP contribution in [0.1, 0.15) is 6.42 Å². The number of amides is 1. The average Bonchev–Trinajstić information content (AvgIpc) is 2.63. The minimum Gasteiger partial charge on any atom is -0.326 e. The first kappa shape index (κ1) is 18.6. The number of hydrogen-bond acceptors (Lipinski definition) is 3. The van der Waals surface area contributed by atoms with Crippen molar-refractivity contribution in [1.29, 1.82) is 0 Å². The molecule has 0 saturated carbocycles. The van der Waals surface area contributed by atoms with Crippen molar-refractivity contribution in [2.45, 2.75) is 11.3 Å². The highest BCUT2D eigenvalue weighted by molar-refractivity contribution is 9.10. The van der Waals surface area contributed by atoms with Gasteiger partial charge in [0.05, 0.1) is 4.90 Å². The lowest BCUT2D eigenvalue weighted by Crippen LogP contribution is -2.27. The van der Waals surface area contributed by atoms with E-state index in [0.29, 0.717) is 5.69 Å². The van der Waals surface area contributed by atoms with Gasteiger partial charge in [-0.15, -0.1) is 0 Å². The van der Waals surface area contributed by atoms with Crippen molar-refractivity contribution < 1.29 is 13.2 Å². The van der Waals surface area contributed by atoms with Crippen LogP contribution in [0.25, 0.3) is 10.8 Å². The molecule has 0 aromatic heterocycles. The molecule has 0 atom stereocenters. The Morgan fingerprint density at radius 1 is 0.923 bits per heavy atom. The fraction of sp³-hybridized carbons (Fsp3) is 0.105. The van der Waals surface area contributed by atoms with E-state index >= 15 is 0 Å². The highest BCUT2D eigenvalue weighted by Crippen LogP contribution is 2.19. The minimum atomic E-state index is -3.66. The van der Waals surface area contributed by atoms with Crippen molar-refractivity contribution >= 4 is 48.3 Å². The van der Waals surface area contributed by atoms with Crippen LogP contribution >= 0.6 is 15.9 Å². The van der Waals surface area contributed by atoms with E-state index in [1.54, 1.807) is 30.3 Å². The quantitative estimate of drug-likeness (QED) is 0.619. The smallest absolute Gasteiger partial charge is 0.240 e. The van der Waals surface area contributed by atoms with E-state index in [-0.39, 0.29) is 23.8 Å². The lowest BCUT2D eigenvalue weighted by Gasteiger charge is -2.08. The van der Waals surface area contributed by atoms with Crippen LogP contribution in [0, 0.1) is 0 Å². The summed E-state index contributed by atoms with van der Waals surface area (Å²) in [6.45, 7) is 0.0253. The molecule has 7 heteroatoms. The third-order valence-electron chi connectivity index (χ3n) is 3.80. The molecule has 5 nitrogen and oxygen atoms in total. The van der Waals surface area contributed by atoms with Crippen LogP contribution in [0.4, 0.5) is 5.69 Å². The Hall–Kier alpha value is -2.22. The first-order chi connectivity index (χ1) is 12.4. The summed E-state index contributed by atoms with van der Waals surface area (Å²) in [5.74, 6) is -0.256. The van der Waals surface area contributed by atoms with Crippen molar-refractivity contribution in [3.05, 3.63) is 71.2 Å². The Labute approximate surface area is 160 Å². The Morgan fingerprint density at radius 3 is 2.35 bits per heavy atom. The predicted octanol–water partition coefficient (Wildman–Crippen LogP) is 3.91. The van der Waals surface area contributed by atoms with E-state index in [1.165, 1.54) is 0 Å². The van der Waals surface area contributed by atoms with Crippen LogP contribution in [0.2, 0.25) is 0 Å². The summed E-state index contributed by atoms with van der Waals surface area (Å²) in [5.41, 5.74) is 0.663. The molecule has 0 unspecified atom stereocenters. The molecular weight excluding hydrogens is 416 g/mol. The fourth-order valence-corrected chi connectivity index (χ4v) is 3.80. The first-order valence-electron chi connectivity index (χ1n) is 7.98. The van der Waals surface area contributed by atoms with Gasteiger partial charge in [-0.25, -0.2) is 13.1 Å². The number of sulfonamides is 1. The van der Waals surface area contributed by atoms with Crippen LogP contribution in [-0.4, -0.2) is 20.9 Å². The highest BCUT2D eigenvalue weighted by atomic mass is 79.9. The van der Waals surface area contributed by atoms with Crippen molar-refractivity contribution in [2.75, 3.05) is 11.9 Å². The number of rotatable bonds is 6. The molecule has 3 aromatic carbocycles. The fourth-order valence-electron chi connectivity index (χ4n) is 2.47. The van der Waals surface area contributed by atoms with Crippen molar-refractivity contribution in [3.63, 3.8) is 0 Å². The number of nitrogens with one attached hydrogen (secondary N) is 2. The van der Waals surface area contributed by atoms with E-state index in [2.05, 4.69) is 26.0 Å². The molecule has 1 amide bonds. The highest BCUT2D eigenvalue weighted by Gasteiger charge is 2.14. The van der Waals surface area contributed by atoms with E-state index < -0.39 is 10.0 Å². The number of benzene rings is 3. The normalized spacial score (nSPS) is 11.4. The molecule has 3 rings (SSSR count). The monoisotopic (exact) mass is 432 g/mol. The second-order valence-electron chi connectivity index (χ2n) is 5.71. The zero-order chi connectivity index (χ0) is 18.6. The molecule has 0 bridgehead atoms. The van der Waals surface area contributed by atoms with Gasteiger partial charge >= 0.3 is 0 Å². The number of hydrogen-bond donors (Lipinski definition) is 2. The van der Waals surface area contributed by atoms with Crippen LogP contribution < -0.4 is 10.0 Å². The summed E-state index contributed by atoms with van der Waals surface area (Å²) >= 11 is 3.32. The third kappa shape index (κ3) is 4.69. The summed E-state index contributed by atoms with van der Waals surface area (Å²) in [6, 6.07) is 19.7. The first-order valence-corrected chi connectivity index (χ1v) is 10.3. The van der Waals surface area contributed by atoms with Crippen LogP contribution in [0.3, 0.4) is 0 Å². The Kier molecular flexibility index (Phi) is 5.70. The second-order valence-corrected chi connectivity index (χ2v) is 8.39. The SMILES string of the molecule is O=C(CCNS(=O)(=O)c1ccc2ccccc2c1)Nc1ccc(Br)cc1. The standard InChI is InChI=1S/C19H17BrN2O3S/c20-16-6-8-17(9-7-16)22-19(23)11-12-21-26(24,25)18-10-5-14-3-1-2-4-15(14)13-18/h1-10,13,21H,11-12H2,(H,22,23). The maximum atomic E-state index is 12.4. The zero-order valence-electron chi connectivity index (χ0n) is 13.8. The van der Waals surface area contributed by atoms with Gasteiger partial charge in [0.15, 0.2) is 0 Å². The molecular formula is C19H17BrN2O3S. The summed E-state index contributed by atoms with van der Waals surface area (Å²) in [7, 11) is -3.66. The molecule has 0 heterocycles. The molecule has 0 radical (unpaired) electrons. The third-order valence-corrected chi connectivity index (χ3v) is 5.79. The number of halogens is 1. The van der Waals surface area contributed by atoms with Gasteiger partial charge < -0.3 is 5.32 Å². The van der Waals surface area contributed by atoms with Gasteiger partial charge in [0, 0.05) is 23.1 Å². The van der Waals surface area contributed by atoms with Crippen LogP contribution in [0.15, 0.2) is 76.1 Å². The average molecular weight is 433 g/mol.